The van der Waals surface area contributed by atoms with Crippen molar-refractivity contribution in [2.45, 2.75) is 0 Å². The van der Waals surface area contributed by atoms with E-state index in [1.165, 1.54) is 0 Å². The normalized spacial score (nSPS) is 11.3. The average molecular weight is 925 g/mol. The third-order valence-corrected chi connectivity index (χ3v) is 13.2. The Bertz CT molecular complexity index is 3690. The molecular weight excluding hydrogens is 892 g/mol. The van der Waals surface area contributed by atoms with E-state index in [0.29, 0.717) is 66.3 Å². The van der Waals surface area contributed by atoms with Gasteiger partial charge in [0.15, 0.2) is 0 Å². The van der Waals surface area contributed by atoms with Crippen molar-refractivity contribution in [1.29, 1.82) is 0 Å². The van der Waals surface area contributed by atoms with Gasteiger partial charge < -0.3 is 11.4 Å². The highest BCUT2D eigenvalue weighted by molar-refractivity contribution is 6.46. The van der Waals surface area contributed by atoms with Gasteiger partial charge in [-0.3, -0.25) is 0 Å². The van der Waals surface area contributed by atoms with Crippen molar-refractivity contribution in [2.24, 2.45) is 0 Å². The van der Waals surface area contributed by atoms with E-state index in [9.17, 15) is 14.4 Å². The maximum atomic E-state index is 14.9. The Hall–Kier alpha value is -9.28. The Morgan fingerprint density at radius 3 is 0.814 bits per heavy atom. The molecule has 12 rings (SSSR count). The Kier molecular flexibility index (Phi) is 10.7. The van der Waals surface area contributed by atoms with Crippen LogP contribution in [0.4, 0.5) is 0 Å². The molecule has 0 spiro atoms. The van der Waals surface area contributed by atoms with E-state index in [1.54, 1.807) is 36.4 Å². The molecular formula is C57H33AlN6O6. The van der Waals surface area contributed by atoms with Gasteiger partial charge in [0.05, 0.1) is 66.9 Å². The predicted octanol–water partition coefficient (Wildman–Crippen LogP) is 11.8. The van der Waals surface area contributed by atoms with E-state index < -0.39 is 33.1 Å². The number of para-hydroxylation sites is 6. The van der Waals surface area contributed by atoms with E-state index in [1.807, 2.05) is 164 Å². The van der Waals surface area contributed by atoms with Crippen LogP contribution < -0.4 is 0 Å². The van der Waals surface area contributed by atoms with Gasteiger partial charge in [0, 0.05) is 32.3 Å². The van der Waals surface area contributed by atoms with Crippen LogP contribution in [-0.4, -0.2) is 63.0 Å². The highest BCUT2D eigenvalue weighted by atomic mass is 27.3. The van der Waals surface area contributed by atoms with Crippen molar-refractivity contribution < 1.29 is 25.7 Å². The lowest BCUT2D eigenvalue weighted by Crippen LogP contribution is -2.35. The molecule has 12 aromatic rings. The van der Waals surface area contributed by atoms with E-state index in [2.05, 4.69) is 0 Å². The Balaban J connectivity index is 0.978. The van der Waals surface area contributed by atoms with Crippen LogP contribution in [0.15, 0.2) is 200 Å². The van der Waals surface area contributed by atoms with Crippen LogP contribution in [0.2, 0.25) is 0 Å². The number of hydrogen-bond donors (Lipinski definition) is 0. The summed E-state index contributed by atoms with van der Waals surface area (Å²) in [5.41, 5.74) is 5.73. The molecule has 13 heteroatoms. The molecule has 330 valence electrons. The topological polar surface area (TPSA) is 156 Å². The Labute approximate surface area is 403 Å². The largest absolute Gasteiger partial charge is 1.20 e. The van der Waals surface area contributed by atoms with Crippen LogP contribution in [0.25, 0.3) is 99.6 Å². The Morgan fingerprint density at radius 1 is 0.286 bits per heavy atom. The molecule has 12 nitrogen and oxygen atoms in total. The summed E-state index contributed by atoms with van der Waals surface area (Å²) in [5, 5.41) is 4.59. The fourth-order valence-electron chi connectivity index (χ4n) is 8.52. The molecule has 0 atom stereocenters. The molecule has 0 N–H and O–H groups in total. The third-order valence-electron chi connectivity index (χ3n) is 12.0. The lowest BCUT2D eigenvalue weighted by Gasteiger charge is -2.17. The smallest absolute Gasteiger partial charge is 0.547 e. The van der Waals surface area contributed by atoms with Gasteiger partial charge in [-0.05, 0) is 72.8 Å². The highest BCUT2D eigenvalue weighted by Gasteiger charge is 2.51. The zero-order chi connectivity index (χ0) is 47.1. The molecule has 6 heterocycles. The SMILES string of the molecule is O=C([O][Al]([O]C(=O)c1cc2ccccc2nc1-c1ccc2ccccc2n1)[O]C(=O)c1cc2ccccc2nc1-c1ccc2ccccc2n1)c1cc2ccccc2nc1-c1ccc2ccccc2n1. The van der Waals surface area contributed by atoms with Crippen LogP contribution in [0, 0.1) is 0 Å². The Morgan fingerprint density at radius 2 is 0.529 bits per heavy atom. The second-order valence-electron chi connectivity index (χ2n) is 16.4. The fraction of sp³-hybridized carbons (Fsp3) is 0. The average Bonchev–Trinajstić information content (AvgIpc) is 3.41. The number of nitrogens with zero attached hydrogens (tertiary/aromatic N) is 6. The van der Waals surface area contributed by atoms with Gasteiger partial charge in [0.2, 0.25) is 0 Å². The maximum Gasteiger partial charge on any atom is 1.20 e. The second kappa shape index (κ2) is 17.7. The molecule has 0 bridgehead atoms. The summed E-state index contributed by atoms with van der Waals surface area (Å²) in [5.74, 6) is -2.87. The molecule has 0 saturated carbocycles. The quantitative estimate of drug-likeness (QED) is 0.126. The van der Waals surface area contributed by atoms with Gasteiger partial charge >= 0.3 is 33.1 Å². The maximum absolute atomic E-state index is 14.9. The van der Waals surface area contributed by atoms with Crippen molar-refractivity contribution >= 4 is 98.5 Å². The summed E-state index contributed by atoms with van der Waals surface area (Å²) < 4.78 is 18.5. The number of hydrogen-bond acceptors (Lipinski definition) is 12. The van der Waals surface area contributed by atoms with E-state index in [4.69, 9.17) is 41.3 Å². The molecule has 0 amide bonds. The summed E-state index contributed by atoms with van der Waals surface area (Å²) in [6.45, 7) is 0. The molecule has 0 unspecified atom stereocenters. The van der Waals surface area contributed by atoms with Crippen LogP contribution in [0.5, 0.6) is 0 Å². The monoisotopic (exact) mass is 924 g/mol. The number of aromatic nitrogens is 6. The van der Waals surface area contributed by atoms with Crippen molar-refractivity contribution in [1.82, 2.24) is 29.9 Å². The first-order valence-corrected chi connectivity index (χ1v) is 23.7. The van der Waals surface area contributed by atoms with E-state index >= 15 is 0 Å². The molecule has 0 aliphatic rings. The van der Waals surface area contributed by atoms with Crippen molar-refractivity contribution in [3.05, 3.63) is 217 Å². The van der Waals surface area contributed by atoms with Gasteiger partial charge in [-0.2, -0.15) is 0 Å². The number of fused-ring (bicyclic) bond motifs is 6. The zero-order valence-electron chi connectivity index (χ0n) is 36.8. The van der Waals surface area contributed by atoms with Crippen molar-refractivity contribution in [3.8, 4) is 34.2 Å². The number of rotatable bonds is 9. The minimum absolute atomic E-state index is 0.00734. The molecule has 6 aromatic carbocycles. The van der Waals surface area contributed by atoms with Crippen LogP contribution >= 0.6 is 0 Å². The first kappa shape index (κ1) is 42.1. The number of carbonyl (C=O) groups excluding carboxylic acids is 3. The van der Waals surface area contributed by atoms with Crippen LogP contribution in [0.3, 0.4) is 0 Å². The van der Waals surface area contributed by atoms with Crippen LogP contribution in [-0.2, 0) is 11.4 Å². The lowest BCUT2D eigenvalue weighted by atomic mass is 10.1. The van der Waals surface area contributed by atoms with Crippen molar-refractivity contribution in [3.63, 3.8) is 0 Å². The first-order chi connectivity index (χ1) is 34.4. The third kappa shape index (κ3) is 8.07. The molecule has 70 heavy (non-hydrogen) atoms. The summed E-state index contributed by atoms with van der Waals surface area (Å²) in [4.78, 5) is 73.9. The van der Waals surface area contributed by atoms with Gasteiger partial charge in [-0.1, -0.05) is 127 Å². The summed E-state index contributed by atoms with van der Waals surface area (Å²) >= 11 is -4.26. The second-order valence-corrected chi connectivity index (χ2v) is 17.7. The summed E-state index contributed by atoms with van der Waals surface area (Å²) in [6, 6.07) is 60.7. The van der Waals surface area contributed by atoms with E-state index in [0.717, 1.165) is 16.2 Å². The molecule has 0 fully saturated rings. The lowest BCUT2D eigenvalue weighted by molar-refractivity contribution is 0.0411. The molecule has 0 radical (unpaired) electrons. The molecule has 0 saturated heterocycles. The summed E-state index contributed by atoms with van der Waals surface area (Å²) in [6.07, 6.45) is 0. The predicted molar refractivity (Wildman–Crippen MR) is 269 cm³/mol. The van der Waals surface area contributed by atoms with Crippen molar-refractivity contribution in [2.75, 3.05) is 0 Å². The van der Waals surface area contributed by atoms with Gasteiger partial charge in [0.1, 0.15) is 17.1 Å². The fourth-order valence-corrected chi connectivity index (χ4v) is 9.57. The van der Waals surface area contributed by atoms with Gasteiger partial charge in [-0.25, -0.2) is 44.3 Å². The standard InChI is InChI=1S/3C19H12N2O2.Al/c3*22-19(23)14-11-13-6-2-4-8-16(13)21-18(14)17-10-9-12-5-1-3-7-15(12)20-17;/h3*1-11H,(H,22,23);/q;;;+3/p-3. The minimum Gasteiger partial charge on any atom is -0.547 e. The minimum atomic E-state index is -4.26. The zero-order valence-corrected chi connectivity index (χ0v) is 37.9. The van der Waals surface area contributed by atoms with E-state index in [-0.39, 0.29) is 33.8 Å². The molecule has 6 aromatic heterocycles. The highest BCUT2D eigenvalue weighted by Crippen LogP contribution is 2.32. The summed E-state index contributed by atoms with van der Waals surface area (Å²) in [7, 11) is 0. The number of benzene rings is 6. The molecule has 0 aliphatic carbocycles. The molecule has 0 aliphatic heterocycles. The number of pyridine rings is 6. The first-order valence-electron chi connectivity index (χ1n) is 22.3. The van der Waals surface area contributed by atoms with Crippen LogP contribution in [0.1, 0.15) is 31.1 Å². The number of carbonyl (C=O) groups is 3. The van der Waals surface area contributed by atoms with Gasteiger partial charge in [-0.15, -0.1) is 0 Å². The van der Waals surface area contributed by atoms with Gasteiger partial charge in [0.25, 0.3) is 0 Å².